The minimum Gasteiger partial charge on any atom is -0.388 e. The van der Waals surface area contributed by atoms with E-state index in [9.17, 15) is 15.0 Å². The molecule has 0 aromatic heterocycles. The lowest BCUT2D eigenvalue weighted by Crippen LogP contribution is -2.33. The van der Waals surface area contributed by atoms with Gasteiger partial charge in [0.1, 0.15) is 0 Å². The van der Waals surface area contributed by atoms with Gasteiger partial charge in [-0.15, -0.1) is 0 Å². The van der Waals surface area contributed by atoms with Crippen molar-refractivity contribution in [2.75, 3.05) is 5.75 Å². The minimum atomic E-state index is -0.635. The summed E-state index contributed by atoms with van der Waals surface area (Å²) in [6.07, 6.45) is 21.5. The Labute approximate surface area is 217 Å². The summed E-state index contributed by atoms with van der Waals surface area (Å²) in [5.41, 5.74) is 3.74. The Morgan fingerprint density at radius 3 is 2.71 bits per heavy atom. The summed E-state index contributed by atoms with van der Waals surface area (Å²) in [4.78, 5) is 12.7. The number of carbonyl (C=O) groups excluding carboxylic acids is 1. The quantitative estimate of drug-likeness (QED) is 0.259. The largest absolute Gasteiger partial charge is 0.388 e. The summed E-state index contributed by atoms with van der Waals surface area (Å²) in [5.74, 6) is 2.15. The summed E-state index contributed by atoms with van der Waals surface area (Å²) in [6, 6.07) is 0. The maximum absolute atomic E-state index is 12.7. The second-order valence-electron chi connectivity index (χ2n) is 11.9. The van der Waals surface area contributed by atoms with Crippen LogP contribution in [0.25, 0.3) is 0 Å². The Hall–Kier alpha value is -1.10. The number of hydrogen-bond acceptors (Lipinski definition) is 4. The van der Waals surface area contributed by atoms with Gasteiger partial charge in [-0.2, -0.15) is 0 Å². The van der Waals surface area contributed by atoms with E-state index in [2.05, 4.69) is 38.7 Å². The Morgan fingerprint density at radius 2 is 2.00 bits per heavy atom. The van der Waals surface area contributed by atoms with Crippen molar-refractivity contribution in [3.8, 4) is 0 Å². The van der Waals surface area contributed by atoms with E-state index in [1.54, 1.807) is 5.57 Å². The van der Waals surface area contributed by atoms with Gasteiger partial charge in [0, 0.05) is 5.75 Å². The molecule has 0 aromatic rings. The highest BCUT2D eigenvalue weighted by atomic mass is 32.2. The van der Waals surface area contributed by atoms with Gasteiger partial charge in [-0.25, -0.2) is 0 Å². The van der Waals surface area contributed by atoms with Crippen molar-refractivity contribution >= 4 is 16.9 Å². The summed E-state index contributed by atoms with van der Waals surface area (Å²) >= 11 is 1.43. The zero-order valence-corrected chi connectivity index (χ0v) is 22.8. The SMILES string of the molecule is C=C1CC/C(=C/C=C2\CCCC3(C)C(C/C=C/C(O)C4(C(=O)SCCCC)CC4)CCC23)CC1O. The molecule has 0 heterocycles. The zero-order valence-electron chi connectivity index (χ0n) is 21.9. The van der Waals surface area contributed by atoms with Gasteiger partial charge in [0.2, 0.25) is 0 Å². The third kappa shape index (κ3) is 5.91. The standard InChI is InChI=1S/C31H46O3S/c1-4-5-20-35-29(34)31(18-19-31)28(33)10-6-9-25-15-16-26-24(8-7-17-30(25,26)3)14-13-23-12-11-22(2)27(32)21-23/h6,10,13-14,25-28,32-33H,2,4-5,7-9,11-12,15-21H2,1,3H3/b10-6+,23-13-,24-14+. The average molecular weight is 499 g/mol. The number of allylic oxidation sites excluding steroid dienone is 4. The zero-order chi connectivity index (χ0) is 25.1. The van der Waals surface area contributed by atoms with Crippen LogP contribution in [0.1, 0.15) is 97.3 Å². The molecular formula is C31H46O3S. The molecule has 5 unspecified atom stereocenters. The fourth-order valence-electron chi connectivity index (χ4n) is 6.86. The van der Waals surface area contributed by atoms with Crippen molar-refractivity contribution in [1.29, 1.82) is 0 Å². The summed E-state index contributed by atoms with van der Waals surface area (Å²) in [6.45, 7) is 8.62. The van der Waals surface area contributed by atoms with E-state index in [1.165, 1.54) is 49.4 Å². The van der Waals surface area contributed by atoms with Crippen LogP contribution < -0.4 is 0 Å². The lowest BCUT2D eigenvalue weighted by Gasteiger charge is -2.42. The molecule has 4 aliphatic carbocycles. The van der Waals surface area contributed by atoms with E-state index in [0.717, 1.165) is 62.7 Å². The Balaban J connectivity index is 1.35. The summed E-state index contributed by atoms with van der Waals surface area (Å²) < 4.78 is 0. The molecule has 0 spiro atoms. The Kier molecular flexibility index (Phi) is 8.87. The monoisotopic (exact) mass is 498 g/mol. The number of aliphatic hydroxyl groups excluding tert-OH is 2. The van der Waals surface area contributed by atoms with Crippen molar-refractivity contribution in [3.63, 3.8) is 0 Å². The molecule has 4 fully saturated rings. The first-order valence-electron chi connectivity index (χ1n) is 14.1. The summed E-state index contributed by atoms with van der Waals surface area (Å²) in [5, 5.41) is 21.2. The second-order valence-corrected chi connectivity index (χ2v) is 13.0. The minimum absolute atomic E-state index is 0.196. The molecular weight excluding hydrogens is 452 g/mol. The van der Waals surface area contributed by atoms with Crippen LogP contribution in [0.3, 0.4) is 0 Å². The van der Waals surface area contributed by atoms with Crippen LogP contribution in [0.5, 0.6) is 0 Å². The van der Waals surface area contributed by atoms with Gasteiger partial charge in [0.25, 0.3) is 0 Å². The fourth-order valence-corrected chi connectivity index (χ4v) is 8.09. The highest BCUT2D eigenvalue weighted by molar-refractivity contribution is 8.13. The molecule has 3 nitrogen and oxygen atoms in total. The maximum Gasteiger partial charge on any atom is 0.198 e. The molecule has 4 aliphatic rings. The lowest BCUT2D eigenvalue weighted by molar-refractivity contribution is -0.118. The number of unbranched alkanes of at least 4 members (excludes halogenated alkanes) is 1. The topological polar surface area (TPSA) is 57.5 Å². The van der Waals surface area contributed by atoms with Gasteiger partial charge in [0.15, 0.2) is 5.12 Å². The third-order valence-electron chi connectivity index (χ3n) is 9.62. The molecule has 4 rings (SSSR count). The van der Waals surface area contributed by atoms with Crippen LogP contribution in [-0.4, -0.2) is 33.3 Å². The number of aliphatic hydroxyl groups is 2. The molecule has 5 atom stereocenters. The van der Waals surface area contributed by atoms with Crippen molar-refractivity contribution in [2.24, 2.45) is 22.7 Å². The van der Waals surface area contributed by atoms with Gasteiger partial charge in [0.05, 0.1) is 17.6 Å². The Morgan fingerprint density at radius 1 is 1.20 bits per heavy atom. The molecule has 0 amide bonds. The van der Waals surface area contributed by atoms with Crippen LogP contribution in [0.2, 0.25) is 0 Å². The molecule has 4 saturated carbocycles. The number of fused-ring (bicyclic) bond motifs is 1. The van der Waals surface area contributed by atoms with Crippen molar-refractivity contribution < 1.29 is 15.0 Å². The summed E-state index contributed by atoms with van der Waals surface area (Å²) in [7, 11) is 0. The smallest absolute Gasteiger partial charge is 0.198 e. The predicted molar refractivity (Wildman–Crippen MR) is 147 cm³/mol. The van der Waals surface area contributed by atoms with E-state index >= 15 is 0 Å². The molecule has 0 bridgehead atoms. The van der Waals surface area contributed by atoms with Gasteiger partial charge in [-0.05, 0) is 99.9 Å². The van der Waals surface area contributed by atoms with Crippen molar-refractivity contribution in [1.82, 2.24) is 0 Å². The van der Waals surface area contributed by atoms with Crippen LogP contribution in [0, 0.1) is 22.7 Å². The van der Waals surface area contributed by atoms with E-state index in [-0.39, 0.29) is 11.2 Å². The maximum atomic E-state index is 12.7. The fraction of sp³-hybridized carbons (Fsp3) is 0.710. The highest BCUT2D eigenvalue weighted by Gasteiger charge is 2.54. The van der Waals surface area contributed by atoms with Crippen molar-refractivity contribution in [3.05, 3.63) is 47.6 Å². The number of thioether (sulfide) groups is 1. The van der Waals surface area contributed by atoms with E-state index in [1.807, 2.05) is 6.08 Å². The number of rotatable bonds is 9. The van der Waals surface area contributed by atoms with Gasteiger partial charge in [-0.1, -0.05) is 74.1 Å². The molecule has 0 aliphatic heterocycles. The molecule has 0 aromatic carbocycles. The molecule has 194 valence electrons. The predicted octanol–water partition coefficient (Wildman–Crippen LogP) is 7.30. The molecule has 0 radical (unpaired) electrons. The Bertz CT molecular complexity index is 880. The van der Waals surface area contributed by atoms with Crippen LogP contribution in [0.4, 0.5) is 0 Å². The lowest BCUT2D eigenvalue weighted by atomic mass is 9.63. The van der Waals surface area contributed by atoms with Crippen LogP contribution in [0.15, 0.2) is 47.6 Å². The molecule has 35 heavy (non-hydrogen) atoms. The first-order chi connectivity index (χ1) is 16.8. The molecule has 2 N–H and O–H groups in total. The molecule has 4 heteroatoms. The van der Waals surface area contributed by atoms with Crippen molar-refractivity contribution in [2.45, 2.75) is 110 Å². The van der Waals surface area contributed by atoms with E-state index in [4.69, 9.17) is 0 Å². The first kappa shape index (κ1) is 26.9. The molecule has 0 saturated heterocycles. The van der Waals surface area contributed by atoms with Gasteiger partial charge >= 0.3 is 0 Å². The highest BCUT2D eigenvalue weighted by Crippen LogP contribution is 2.58. The first-order valence-corrected chi connectivity index (χ1v) is 15.0. The van der Waals surface area contributed by atoms with Gasteiger partial charge in [-0.3, -0.25) is 4.79 Å². The third-order valence-corrected chi connectivity index (χ3v) is 10.8. The second kappa shape index (κ2) is 11.5. The van der Waals surface area contributed by atoms with Crippen LogP contribution in [-0.2, 0) is 4.79 Å². The van der Waals surface area contributed by atoms with E-state index < -0.39 is 11.5 Å². The average Bonchev–Trinajstić information content (AvgIpc) is 3.58. The number of hydrogen-bond donors (Lipinski definition) is 2. The number of carbonyl (C=O) groups is 1. The normalized spacial score (nSPS) is 35.5. The van der Waals surface area contributed by atoms with Gasteiger partial charge < -0.3 is 10.2 Å². The van der Waals surface area contributed by atoms with E-state index in [0.29, 0.717) is 17.3 Å². The van der Waals surface area contributed by atoms with Crippen LogP contribution >= 0.6 is 11.8 Å².